The lowest BCUT2D eigenvalue weighted by Crippen LogP contribution is -2.51. The molecule has 0 radical (unpaired) electrons. The van der Waals surface area contributed by atoms with E-state index in [1.165, 1.54) is 0 Å². The fourth-order valence-corrected chi connectivity index (χ4v) is 3.57. The van der Waals surface area contributed by atoms with E-state index in [2.05, 4.69) is 37.7 Å². The fraction of sp³-hybridized carbons (Fsp3) is 1.00. The van der Waals surface area contributed by atoms with Crippen LogP contribution in [0.4, 0.5) is 0 Å². The van der Waals surface area contributed by atoms with Gasteiger partial charge in [-0.25, -0.2) is 8.93 Å². The van der Waals surface area contributed by atoms with E-state index in [0.717, 1.165) is 19.3 Å². The molecule has 2 atom stereocenters. The Morgan fingerprint density at radius 2 is 1.72 bits per heavy atom. The molecule has 18 heavy (non-hydrogen) atoms. The maximum Gasteiger partial charge on any atom is 0.0972 e. The Morgan fingerprint density at radius 3 is 2.22 bits per heavy atom. The van der Waals surface area contributed by atoms with Crippen molar-refractivity contribution in [2.75, 3.05) is 0 Å². The summed E-state index contributed by atoms with van der Waals surface area (Å²) in [6, 6.07) is 0.328. The lowest BCUT2D eigenvalue weighted by atomic mass is 9.95. The Labute approximate surface area is 115 Å². The molecule has 108 valence electrons. The molecule has 1 aliphatic rings. The second-order valence-electron chi connectivity index (χ2n) is 7.83. The lowest BCUT2D eigenvalue weighted by Gasteiger charge is -2.35. The van der Waals surface area contributed by atoms with Gasteiger partial charge < -0.3 is 5.32 Å². The Hall–Kier alpha value is 0.0700. The molecule has 1 saturated heterocycles. The third kappa shape index (κ3) is 4.98. The molecule has 1 unspecified atom stereocenters. The number of nitrogens with one attached hydrogen (secondary N) is 2. The van der Waals surface area contributed by atoms with Gasteiger partial charge in [0.1, 0.15) is 0 Å². The van der Waals surface area contributed by atoms with Crippen LogP contribution in [0.15, 0.2) is 0 Å². The molecule has 1 rings (SSSR count). The zero-order valence-electron chi connectivity index (χ0n) is 13.0. The maximum atomic E-state index is 12.2. The number of hydrogen-bond donors (Lipinski definition) is 2. The van der Waals surface area contributed by atoms with Crippen molar-refractivity contribution in [3.8, 4) is 0 Å². The largest absolute Gasteiger partial charge is 0.307 e. The van der Waals surface area contributed by atoms with E-state index in [1.807, 2.05) is 20.8 Å². The Morgan fingerprint density at radius 1 is 1.17 bits per heavy atom. The quantitative estimate of drug-likeness (QED) is 0.813. The average Bonchev–Trinajstić information content (AvgIpc) is 2.19. The molecule has 1 fully saturated rings. The van der Waals surface area contributed by atoms with E-state index in [9.17, 15) is 4.21 Å². The van der Waals surface area contributed by atoms with Gasteiger partial charge in [-0.3, -0.25) is 0 Å². The first-order valence-corrected chi connectivity index (χ1v) is 8.04. The minimum Gasteiger partial charge on any atom is -0.307 e. The lowest BCUT2D eigenvalue weighted by molar-refractivity contribution is 0.266. The summed E-state index contributed by atoms with van der Waals surface area (Å²) in [6.07, 6.45) is 3.19. The average molecular weight is 274 g/mol. The smallest absolute Gasteiger partial charge is 0.0972 e. The van der Waals surface area contributed by atoms with E-state index < -0.39 is 11.0 Å². The molecule has 0 spiro atoms. The van der Waals surface area contributed by atoms with Crippen LogP contribution in [0, 0.1) is 0 Å². The first-order chi connectivity index (χ1) is 7.91. The predicted molar refractivity (Wildman–Crippen MR) is 80.0 cm³/mol. The minimum atomic E-state index is -0.978. The third-order valence-corrected chi connectivity index (χ3v) is 5.04. The van der Waals surface area contributed by atoms with Gasteiger partial charge in [-0.15, -0.1) is 0 Å². The SMILES string of the molecule is CC1(C)CCC(N[S@](=O)C(C)(C)C)CC(C)(C)N1. The van der Waals surface area contributed by atoms with Crippen LogP contribution in [0.3, 0.4) is 0 Å². The van der Waals surface area contributed by atoms with Crippen molar-refractivity contribution in [3.63, 3.8) is 0 Å². The molecule has 0 aliphatic carbocycles. The summed E-state index contributed by atoms with van der Waals surface area (Å²) in [5.74, 6) is 0. The second kappa shape index (κ2) is 5.22. The van der Waals surface area contributed by atoms with Crippen LogP contribution < -0.4 is 10.0 Å². The molecule has 0 aromatic rings. The van der Waals surface area contributed by atoms with Gasteiger partial charge in [0.15, 0.2) is 0 Å². The molecule has 0 bridgehead atoms. The van der Waals surface area contributed by atoms with Gasteiger partial charge >= 0.3 is 0 Å². The van der Waals surface area contributed by atoms with E-state index in [0.29, 0.717) is 6.04 Å². The van der Waals surface area contributed by atoms with Crippen molar-refractivity contribution in [1.29, 1.82) is 0 Å². The van der Waals surface area contributed by atoms with Gasteiger partial charge in [0.2, 0.25) is 0 Å². The maximum absolute atomic E-state index is 12.2. The monoisotopic (exact) mass is 274 g/mol. The molecule has 1 aliphatic heterocycles. The molecule has 0 aromatic carbocycles. The summed E-state index contributed by atoms with van der Waals surface area (Å²) in [5, 5.41) is 3.70. The van der Waals surface area contributed by atoms with Gasteiger partial charge in [-0.05, 0) is 67.7 Å². The molecule has 0 aromatic heterocycles. The highest BCUT2D eigenvalue weighted by atomic mass is 32.2. The van der Waals surface area contributed by atoms with Crippen LogP contribution in [0.2, 0.25) is 0 Å². The van der Waals surface area contributed by atoms with Crippen LogP contribution in [0.1, 0.15) is 67.7 Å². The Balaban J connectivity index is 2.71. The molecule has 3 nitrogen and oxygen atoms in total. The molecular weight excluding hydrogens is 244 g/mol. The molecule has 2 N–H and O–H groups in total. The molecular formula is C14H30N2OS. The van der Waals surface area contributed by atoms with Crippen molar-refractivity contribution >= 4 is 11.0 Å². The van der Waals surface area contributed by atoms with E-state index >= 15 is 0 Å². The van der Waals surface area contributed by atoms with Crippen molar-refractivity contribution in [2.24, 2.45) is 0 Å². The standard InChI is InChI=1S/C14H30N2OS/c1-12(2,3)18(17)15-11-8-9-13(4,5)16-14(6,7)10-11/h11,15-16H,8-10H2,1-7H3/t11?,18-/m1/s1. The van der Waals surface area contributed by atoms with Crippen LogP contribution in [0.5, 0.6) is 0 Å². The second-order valence-corrected chi connectivity index (χ2v) is 9.83. The first-order valence-electron chi connectivity index (χ1n) is 6.89. The fourth-order valence-electron chi connectivity index (χ4n) is 2.71. The van der Waals surface area contributed by atoms with Crippen molar-refractivity contribution in [2.45, 2.75) is 89.6 Å². The molecule has 0 amide bonds. The highest BCUT2D eigenvalue weighted by molar-refractivity contribution is 7.84. The topological polar surface area (TPSA) is 41.1 Å². The zero-order chi connectivity index (χ0) is 14.2. The van der Waals surface area contributed by atoms with Crippen molar-refractivity contribution in [1.82, 2.24) is 10.0 Å². The van der Waals surface area contributed by atoms with E-state index in [1.54, 1.807) is 0 Å². The molecule has 0 saturated carbocycles. The van der Waals surface area contributed by atoms with Crippen LogP contribution in [0.25, 0.3) is 0 Å². The zero-order valence-corrected chi connectivity index (χ0v) is 13.8. The third-order valence-electron chi connectivity index (χ3n) is 3.38. The van der Waals surface area contributed by atoms with Gasteiger partial charge in [0.05, 0.1) is 15.7 Å². The normalized spacial score (nSPS) is 29.6. The number of hydrogen-bond acceptors (Lipinski definition) is 2. The first kappa shape index (κ1) is 16.1. The minimum absolute atomic E-state index is 0.0831. The summed E-state index contributed by atoms with van der Waals surface area (Å²) < 4.78 is 15.3. The predicted octanol–water partition coefficient (Wildman–Crippen LogP) is 2.74. The van der Waals surface area contributed by atoms with Gasteiger partial charge in [-0.2, -0.15) is 0 Å². The Bertz CT molecular complexity index is 318. The van der Waals surface area contributed by atoms with E-state index in [4.69, 9.17) is 0 Å². The number of rotatable bonds is 2. The molecule has 4 heteroatoms. The van der Waals surface area contributed by atoms with Crippen LogP contribution in [-0.2, 0) is 11.0 Å². The van der Waals surface area contributed by atoms with Crippen LogP contribution in [-0.4, -0.2) is 26.1 Å². The van der Waals surface area contributed by atoms with Gasteiger partial charge in [-0.1, -0.05) is 0 Å². The summed E-state index contributed by atoms with van der Waals surface area (Å²) in [6.45, 7) is 15.0. The summed E-state index contributed by atoms with van der Waals surface area (Å²) in [4.78, 5) is 0. The van der Waals surface area contributed by atoms with E-state index in [-0.39, 0.29) is 15.8 Å². The summed E-state index contributed by atoms with van der Waals surface area (Å²) in [7, 11) is -0.978. The van der Waals surface area contributed by atoms with Crippen molar-refractivity contribution in [3.05, 3.63) is 0 Å². The van der Waals surface area contributed by atoms with Crippen molar-refractivity contribution < 1.29 is 4.21 Å². The Kier molecular flexibility index (Phi) is 4.67. The van der Waals surface area contributed by atoms with Gasteiger partial charge in [0.25, 0.3) is 0 Å². The highest BCUT2D eigenvalue weighted by Gasteiger charge is 2.35. The highest BCUT2D eigenvalue weighted by Crippen LogP contribution is 2.28. The summed E-state index contributed by atoms with van der Waals surface area (Å²) in [5.41, 5.74) is 0.239. The summed E-state index contributed by atoms with van der Waals surface area (Å²) >= 11 is 0. The molecule has 1 heterocycles. The van der Waals surface area contributed by atoms with Gasteiger partial charge in [0, 0.05) is 17.1 Å². The van der Waals surface area contributed by atoms with Crippen LogP contribution >= 0.6 is 0 Å².